The van der Waals surface area contributed by atoms with Gasteiger partial charge in [-0.15, -0.1) is 11.3 Å². The van der Waals surface area contributed by atoms with E-state index < -0.39 is 0 Å². The van der Waals surface area contributed by atoms with Crippen LogP contribution in [0.3, 0.4) is 0 Å². The number of carbonyl (C=O) groups excluding carboxylic acids is 1. The predicted octanol–water partition coefficient (Wildman–Crippen LogP) is 5.38. The number of hydrogen-bond donors (Lipinski definition) is 0. The van der Waals surface area contributed by atoms with E-state index in [1.54, 1.807) is 17.5 Å². The predicted molar refractivity (Wildman–Crippen MR) is 94.4 cm³/mol. The standard InChI is InChI=1S/C19H14ClNOS/c20-14-5-3-12(4-6-14)15-7-8-21-16-10-13(11-17(22)19(15)16)18-2-1-9-23-18/h1-9,13H,10-11H2. The fraction of sp³-hybridized carbons (Fsp3) is 0.158. The molecule has 4 heteroatoms. The second-order valence-corrected chi connectivity index (χ2v) is 7.15. The molecule has 0 bridgehead atoms. The molecule has 2 aromatic heterocycles. The summed E-state index contributed by atoms with van der Waals surface area (Å²) in [4.78, 5) is 18.5. The van der Waals surface area contributed by atoms with Crippen molar-refractivity contribution in [3.63, 3.8) is 0 Å². The summed E-state index contributed by atoms with van der Waals surface area (Å²) in [6.45, 7) is 0. The van der Waals surface area contributed by atoms with Gasteiger partial charge in [-0.05, 0) is 47.2 Å². The summed E-state index contributed by atoms with van der Waals surface area (Å²) in [5, 5.41) is 2.76. The second-order valence-electron chi connectivity index (χ2n) is 5.73. The second kappa shape index (κ2) is 5.91. The zero-order valence-electron chi connectivity index (χ0n) is 12.3. The third kappa shape index (κ3) is 2.71. The summed E-state index contributed by atoms with van der Waals surface area (Å²) in [7, 11) is 0. The molecule has 4 rings (SSSR count). The van der Waals surface area contributed by atoms with Gasteiger partial charge >= 0.3 is 0 Å². The van der Waals surface area contributed by atoms with Crippen LogP contribution in [0.15, 0.2) is 54.0 Å². The molecular formula is C19H14ClNOS. The van der Waals surface area contributed by atoms with Crippen molar-refractivity contribution < 1.29 is 4.79 Å². The van der Waals surface area contributed by atoms with Gasteiger partial charge in [0.1, 0.15) is 0 Å². The molecule has 1 unspecified atom stereocenters. The van der Waals surface area contributed by atoms with E-state index in [2.05, 4.69) is 16.4 Å². The van der Waals surface area contributed by atoms with Crippen LogP contribution >= 0.6 is 22.9 Å². The topological polar surface area (TPSA) is 30.0 Å². The number of aromatic nitrogens is 1. The van der Waals surface area contributed by atoms with Crippen molar-refractivity contribution in [1.29, 1.82) is 0 Å². The quantitative estimate of drug-likeness (QED) is 0.627. The molecule has 0 spiro atoms. The Balaban J connectivity index is 1.78. The molecule has 1 aliphatic carbocycles. The lowest BCUT2D eigenvalue weighted by atomic mass is 9.82. The Morgan fingerprint density at radius 3 is 2.65 bits per heavy atom. The van der Waals surface area contributed by atoms with Crippen LogP contribution < -0.4 is 0 Å². The Kier molecular flexibility index (Phi) is 3.76. The molecule has 2 nitrogen and oxygen atoms in total. The number of ketones is 1. The summed E-state index contributed by atoms with van der Waals surface area (Å²) in [5.41, 5.74) is 3.66. The van der Waals surface area contributed by atoms with E-state index in [-0.39, 0.29) is 11.7 Å². The molecule has 0 saturated heterocycles. The molecule has 0 aliphatic heterocycles. The van der Waals surface area contributed by atoms with Gasteiger partial charge in [-0.2, -0.15) is 0 Å². The Bertz CT molecular complexity index is 856. The Morgan fingerprint density at radius 1 is 1.09 bits per heavy atom. The maximum Gasteiger partial charge on any atom is 0.165 e. The SMILES string of the molecule is O=C1CC(c2cccs2)Cc2nccc(-c3ccc(Cl)cc3)c21. The Hall–Kier alpha value is -1.97. The third-order valence-corrected chi connectivity index (χ3v) is 5.57. The van der Waals surface area contributed by atoms with E-state index in [0.717, 1.165) is 28.8 Å². The fourth-order valence-corrected chi connectivity index (χ4v) is 4.15. The largest absolute Gasteiger partial charge is 0.294 e. The molecule has 1 aliphatic rings. The molecule has 0 fully saturated rings. The number of carbonyl (C=O) groups is 1. The molecule has 0 amide bonds. The van der Waals surface area contributed by atoms with E-state index in [9.17, 15) is 4.79 Å². The molecular weight excluding hydrogens is 326 g/mol. The van der Waals surface area contributed by atoms with E-state index in [4.69, 9.17) is 11.6 Å². The Labute approximate surface area is 143 Å². The van der Waals surface area contributed by atoms with Gasteiger partial charge in [0.05, 0.1) is 5.69 Å². The first-order chi connectivity index (χ1) is 11.2. The first kappa shape index (κ1) is 14.6. The van der Waals surface area contributed by atoms with Crippen LogP contribution in [0.25, 0.3) is 11.1 Å². The average molecular weight is 340 g/mol. The minimum atomic E-state index is 0.183. The van der Waals surface area contributed by atoms with E-state index in [1.165, 1.54) is 4.88 Å². The molecule has 0 saturated carbocycles. The summed E-state index contributed by atoms with van der Waals surface area (Å²) >= 11 is 7.68. The summed E-state index contributed by atoms with van der Waals surface area (Å²) < 4.78 is 0. The van der Waals surface area contributed by atoms with Crippen molar-refractivity contribution in [3.05, 3.63) is 75.2 Å². The lowest BCUT2D eigenvalue weighted by Gasteiger charge is -2.24. The highest BCUT2D eigenvalue weighted by molar-refractivity contribution is 7.10. The van der Waals surface area contributed by atoms with Gasteiger partial charge in [0, 0.05) is 34.0 Å². The molecule has 2 heterocycles. The van der Waals surface area contributed by atoms with Gasteiger partial charge in [0.25, 0.3) is 0 Å². The van der Waals surface area contributed by atoms with Crippen molar-refractivity contribution in [2.45, 2.75) is 18.8 Å². The van der Waals surface area contributed by atoms with Crippen LogP contribution in [-0.2, 0) is 6.42 Å². The summed E-state index contributed by atoms with van der Waals surface area (Å²) in [6, 6.07) is 13.7. The molecule has 0 radical (unpaired) electrons. The number of halogens is 1. The molecule has 23 heavy (non-hydrogen) atoms. The van der Waals surface area contributed by atoms with Gasteiger partial charge in [0.2, 0.25) is 0 Å². The Morgan fingerprint density at radius 2 is 1.91 bits per heavy atom. The molecule has 1 atom stereocenters. The van der Waals surface area contributed by atoms with Crippen LogP contribution in [0, 0.1) is 0 Å². The van der Waals surface area contributed by atoms with Gasteiger partial charge in [-0.1, -0.05) is 29.8 Å². The van der Waals surface area contributed by atoms with E-state index in [0.29, 0.717) is 11.4 Å². The van der Waals surface area contributed by atoms with Crippen molar-refractivity contribution in [1.82, 2.24) is 4.98 Å². The zero-order valence-corrected chi connectivity index (χ0v) is 13.9. The van der Waals surface area contributed by atoms with Crippen LogP contribution in [0.2, 0.25) is 5.02 Å². The number of rotatable bonds is 2. The number of hydrogen-bond acceptors (Lipinski definition) is 3. The van der Waals surface area contributed by atoms with Crippen LogP contribution in [0.1, 0.15) is 33.3 Å². The van der Waals surface area contributed by atoms with E-state index >= 15 is 0 Å². The number of nitrogens with zero attached hydrogens (tertiary/aromatic N) is 1. The number of fused-ring (bicyclic) bond motifs is 1. The van der Waals surface area contributed by atoms with Gasteiger partial charge in [0.15, 0.2) is 5.78 Å². The lowest BCUT2D eigenvalue weighted by Crippen LogP contribution is -2.20. The highest BCUT2D eigenvalue weighted by atomic mass is 35.5. The van der Waals surface area contributed by atoms with Crippen molar-refractivity contribution in [2.24, 2.45) is 0 Å². The highest BCUT2D eigenvalue weighted by Crippen LogP contribution is 2.37. The highest BCUT2D eigenvalue weighted by Gasteiger charge is 2.30. The third-order valence-electron chi connectivity index (χ3n) is 4.28. The first-order valence-corrected chi connectivity index (χ1v) is 8.78. The smallest absolute Gasteiger partial charge is 0.165 e. The van der Waals surface area contributed by atoms with Gasteiger partial charge < -0.3 is 0 Å². The van der Waals surface area contributed by atoms with E-state index in [1.807, 2.05) is 36.4 Å². The maximum absolute atomic E-state index is 12.8. The normalized spacial score (nSPS) is 17.1. The monoisotopic (exact) mass is 339 g/mol. The summed E-state index contributed by atoms with van der Waals surface area (Å²) in [5.74, 6) is 0.436. The zero-order chi connectivity index (χ0) is 15.8. The first-order valence-electron chi connectivity index (χ1n) is 7.53. The minimum Gasteiger partial charge on any atom is -0.294 e. The van der Waals surface area contributed by atoms with Gasteiger partial charge in [-0.3, -0.25) is 9.78 Å². The average Bonchev–Trinajstić information content (AvgIpc) is 3.09. The van der Waals surface area contributed by atoms with Crippen molar-refractivity contribution in [3.8, 4) is 11.1 Å². The van der Waals surface area contributed by atoms with Crippen molar-refractivity contribution >= 4 is 28.7 Å². The fourth-order valence-electron chi connectivity index (χ4n) is 3.20. The minimum absolute atomic E-state index is 0.183. The number of pyridine rings is 1. The molecule has 114 valence electrons. The summed E-state index contributed by atoms with van der Waals surface area (Å²) in [6.07, 6.45) is 3.18. The number of benzene rings is 1. The molecule has 1 aromatic carbocycles. The van der Waals surface area contributed by atoms with Crippen LogP contribution in [-0.4, -0.2) is 10.8 Å². The van der Waals surface area contributed by atoms with Crippen LogP contribution in [0.4, 0.5) is 0 Å². The molecule has 0 N–H and O–H groups in total. The van der Waals surface area contributed by atoms with Crippen molar-refractivity contribution in [2.75, 3.05) is 0 Å². The van der Waals surface area contributed by atoms with Crippen LogP contribution in [0.5, 0.6) is 0 Å². The molecule has 3 aromatic rings. The number of Topliss-reactive ketones (excluding diaryl/α,β-unsaturated/α-hetero) is 1. The number of thiophene rings is 1. The van der Waals surface area contributed by atoms with Gasteiger partial charge in [-0.25, -0.2) is 0 Å². The lowest BCUT2D eigenvalue weighted by molar-refractivity contribution is 0.0964. The maximum atomic E-state index is 12.8.